The largest absolute Gasteiger partial charge is 0.512 e. The Balaban J connectivity index is 0.000000227. The summed E-state index contributed by atoms with van der Waals surface area (Å²) in [5.41, 5.74) is 8.17. The van der Waals surface area contributed by atoms with Gasteiger partial charge in [0.2, 0.25) is 0 Å². The van der Waals surface area contributed by atoms with Gasteiger partial charge >= 0.3 is 6.18 Å². The fraction of sp³-hybridized carbons (Fsp3) is 0.298. The van der Waals surface area contributed by atoms with E-state index >= 15 is 0 Å². The van der Waals surface area contributed by atoms with Gasteiger partial charge in [0.15, 0.2) is 5.78 Å². The Labute approximate surface area is 340 Å². The van der Waals surface area contributed by atoms with Crippen molar-refractivity contribution in [2.75, 3.05) is 0 Å². The molecule has 4 aromatic carbocycles. The second-order valence-electron chi connectivity index (χ2n) is 13.6. The first-order valence-electron chi connectivity index (χ1n) is 19.3. The van der Waals surface area contributed by atoms with E-state index in [4.69, 9.17) is 2.74 Å². The summed E-state index contributed by atoms with van der Waals surface area (Å²) in [7, 11) is 0. The molecule has 1 atom stereocenters. The monoisotopic (exact) mass is 925 g/mol. The van der Waals surface area contributed by atoms with Gasteiger partial charge in [-0.15, -0.1) is 69.8 Å². The van der Waals surface area contributed by atoms with Gasteiger partial charge in [-0.3, -0.25) is 4.79 Å². The van der Waals surface area contributed by atoms with Crippen LogP contribution in [0.1, 0.15) is 71.4 Å². The number of carbonyl (C=O) groups is 1. The van der Waals surface area contributed by atoms with Gasteiger partial charge in [0.05, 0.1) is 14.9 Å². The molecule has 0 saturated heterocycles. The Morgan fingerprint density at radius 3 is 1.53 bits per heavy atom. The van der Waals surface area contributed by atoms with Gasteiger partial charge in [-0.1, -0.05) is 97.0 Å². The molecular formula is C47H49F3IrN2O2-2. The van der Waals surface area contributed by atoms with Crippen molar-refractivity contribution in [2.45, 2.75) is 80.3 Å². The predicted molar refractivity (Wildman–Crippen MR) is 215 cm³/mol. The minimum atomic E-state index is -4.33. The number of ketones is 1. The van der Waals surface area contributed by atoms with Gasteiger partial charge in [-0.2, -0.15) is 13.2 Å². The summed E-state index contributed by atoms with van der Waals surface area (Å²) in [6.45, 7) is 13.4. The molecule has 6 aromatic rings. The number of rotatable bonds is 9. The first-order valence-corrected chi connectivity index (χ1v) is 18.3. The summed E-state index contributed by atoms with van der Waals surface area (Å²) in [5.74, 6) is -2.00. The SMILES string of the molecule is CCC(CC)C(=O)/C=C(\O)C(CC)CC(F)(F)F.[2H]c1cc2ccccc2c(-c2[c-]c(C)cc(C)c2)n1.[2H]c1cc2ccccc2c(-c2[c-]c(C)cc(C)c2)n1.[Ir]. The molecule has 4 nitrogen and oxygen atoms in total. The number of aryl methyl sites for hydroxylation is 4. The van der Waals surface area contributed by atoms with E-state index < -0.39 is 24.3 Å². The Morgan fingerprint density at radius 1 is 0.727 bits per heavy atom. The molecule has 2 aromatic heterocycles. The van der Waals surface area contributed by atoms with Gasteiger partial charge in [0.1, 0.15) is 0 Å². The summed E-state index contributed by atoms with van der Waals surface area (Å²) in [6.07, 6.45) is -2.48. The van der Waals surface area contributed by atoms with Crippen LogP contribution in [-0.4, -0.2) is 27.0 Å². The van der Waals surface area contributed by atoms with E-state index in [9.17, 15) is 23.1 Å². The summed E-state index contributed by atoms with van der Waals surface area (Å²) in [6, 6.07) is 34.7. The van der Waals surface area contributed by atoms with Crippen LogP contribution in [0.2, 0.25) is 0 Å². The molecule has 0 aliphatic carbocycles. The number of aliphatic hydroxyl groups excluding tert-OH is 1. The van der Waals surface area contributed by atoms with Gasteiger partial charge in [0.25, 0.3) is 0 Å². The average molecular weight is 925 g/mol. The topological polar surface area (TPSA) is 63.1 Å². The number of allylic oxidation sites excluding steroid dienone is 2. The van der Waals surface area contributed by atoms with Crippen molar-refractivity contribution < 1.29 is 45.9 Å². The molecule has 6 rings (SSSR count). The molecule has 1 unspecified atom stereocenters. The maximum atomic E-state index is 12.3. The molecule has 8 heteroatoms. The standard InChI is InChI=1S/2C17H14N.C13H21F3O2.Ir/c2*1-12-9-13(2)11-15(10-12)17-16-6-4-3-5-14(16)7-8-18-17;1-4-9(5-2)11(17)7-12(18)10(6-3)8-13(14,15)16;/h2*3-10H,1-2H3;7,9-10,18H,4-6,8H2,1-3H3;/q2*-1;;/b;;12-7-;/i2*8D;;. The number of hydrogen-bond acceptors (Lipinski definition) is 4. The van der Waals surface area contributed by atoms with Crippen LogP contribution in [0.25, 0.3) is 44.1 Å². The Bertz CT molecular complexity index is 2150. The molecular weight excluding hydrogens is 874 g/mol. The number of benzene rings is 4. The summed E-state index contributed by atoms with van der Waals surface area (Å²) >= 11 is 0. The molecule has 0 aliphatic heterocycles. The van der Waals surface area contributed by atoms with Gasteiger partial charge < -0.3 is 15.1 Å². The molecule has 2 heterocycles. The van der Waals surface area contributed by atoms with Crippen LogP contribution in [0.15, 0.2) is 109 Å². The third-order valence-corrected chi connectivity index (χ3v) is 9.10. The van der Waals surface area contributed by atoms with Crippen molar-refractivity contribution in [3.05, 3.63) is 143 Å². The third kappa shape index (κ3) is 13.0. The molecule has 0 aliphatic rings. The first-order chi connectivity index (χ1) is 26.5. The number of nitrogens with zero attached hydrogens (tertiary/aromatic N) is 2. The maximum Gasteiger partial charge on any atom is 0.389 e. The predicted octanol–water partition coefficient (Wildman–Crippen LogP) is 13.0. The van der Waals surface area contributed by atoms with Gasteiger partial charge in [-0.25, -0.2) is 0 Å². The summed E-state index contributed by atoms with van der Waals surface area (Å²) < 4.78 is 52.5. The van der Waals surface area contributed by atoms with Crippen molar-refractivity contribution in [1.82, 2.24) is 9.97 Å². The maximum absolute atomic E-state index is 12.3. The quantitative estimate of drug-likeness (QED) is 0.0891. The number of hydrogen-bond donors (Lipinski definition) is 1. The Morgan fingerprint density at radius 2 is 1.15 bits per heavy atom. The van der Waals surface area contributed by atoms with Gasteiger partial charge in [-0.05, 0) is 64.3 Å². The molecule has 0 spiro atoms. The van der Waals surface area contributed by atoms with Crippen molar-refractivity contribution in [1.29, 1.82) is 0 Å². The Kier molecular flexibility index (Phi) is 15.8. The minimum absolute atomic E-state index is 0. The molecule has 1 radical (unpaired) electrons. The van der Waals surface area contributed by atoms with Crippen LogP contribution in [0.4, 0.5) is 13.2 Å². The van der Waals surface area contributed by atoms with Crippen LogP contribution >= 0.6 is 0 Å². The molecule has 291 valence electrons. The van der Waals surface area contributed by atoms with Crippen molar-refractivity contribution in [2.24, 2.45) is 11.8 Å². The number of pyridine rings is 2. The zero-order valence-electron chi connectivity index (χ0n) is 34.4. The number of aromatic nitrogens is 2. The molecule has 0 fully saturated rings. The molecule has 0 saturated carbocycles. The second kappa shape index (κ2) is 20.9. The smallest absolute Gasteiger partial charge is 0.389 e. The number of aliphatic hydroxyl groups is 1. The van der Waals surface area contributed by atoms with Crippen LogP contribution in [0, 0.1) is 51.7 Å². The minimum Gasteiger partial charge on any atom is -0.512 e. The van der Waals surface area contributed by atoms with Crippen molar-refractivity contribution >= 4 is 27.3 Å². The molecule has 55 heavy (non-hydrogen) atoms. The van der Waals surface area contributed by atoms with Crippen molar-refractivity contribution in [3.8, 4) is 22.5 Å². The van der Waals surface area contributed by atoms with Crippen LogP contribution < -0.4 is 0 Å². The summed E-state index contributed by atoms with van der Waals surface area (Å²) in [5, 5.41) is 13.9. The number of alkyl halides is 3. The van der Waals surface area contributed by atoms with E-state index in [2.05, 4.69) is 60.2 Å². The first kappa shape index (κ1) is 41.5. The van der Waals surface area contributed by atoms with E-state index in [0.29, 0.717) is 25.2 Å². The van der Waals surface area contributed by atoms with Crippen LogP contribution in [-0.2, 0) is 24.9 Å². The normalized spacial score (nSPS) is 12.5. The van der Waals surface area contributed by atoms with E-state index in [1.54, 1.807) is 19.1 Å². The molecule has 0 amide bonds. The number of carbonyl (C=O) groups excluding carboxylic acids is 1. The third-order valence-electron chi connectivity index (χ3n) is 9.10. The zero-order chi connectivity index (χ0) is 41.2. The van der Waals surface area contributed by atoms with E-state index in [1.165, 1.54) is 11.1 Å². The number of fused-ring (bicyclic) bond motifs is 2. The van der Waals surface area contributed by atoms with Crippen molar-refractivity contribution in [3.63, 3.8) is 0 Å². The van der Waals surface area contributed by atoms with Crippen LogP contribution in [0.3, 0.4) is 0 Å². The van der Waals surface area contributed by atoms with E-state index in [0.717, 1.165) is 61.3 Å². The zero-order valence-corrected chi connectivity index (χ0v) is 34.8. The molecule has 0 bridgehead atoms. The Hall–Kier alpha value is -4.65. The van der Waals surface area contributed by atoms with E-state index in [1.807, 2.05) is 76.2 Å². The van der Waals surface area contributed by atoms with Crippen LogP contribution in [0.5, 0.6) is 0 Å². The van der Waals surface area contributed by atoms with Gasteiger partial charge in [0, 0.05) is 50.4 Å². The summed E-state index contributed by atoms with van der Waals surface area (Å²) in [4.78, 5) is 20.5. The molecule has 1 N–H and O–H groups in total. The second-order valence-corrected chi connectivity index (χ2v) is 13.6. The number of halogens is 3. The fourth-order valence-corrected chi connectivity index (χ4v) is 6.40. The average Bonchev–Trinajstić information content (AvgIpc) is 3.13. The van der Waals surface area contributed by atoms with E-state index in [-0.39, 0.29) is 38.2 Å². The fourth-order valence-electron chi connectivity index (χ4n) is 6.40.